The first-order chi connectivity index (χ1) is 32.8. The number of nitrogens with zero attached hydrogens (tertiary/aromatic N) is 7. The molecule has 16 nitrogen and oxygen atoms in total. The zero-order chi connectivity index (χ0) is 49.7. The van der Waals surface area contributed by atoms with Crippen molar-refractivity contribution < 1.29 is 42.8 Å². The zero-order valence-electron chi connectivity index (χ0n) is 38.6. The molecular formula is C48H53ClF3N9O7S. The number of nitrogens with one attached hydrogen (secondary N) is 2. The predicted molar refractivity (Wildman–Crippen MR) is 255 cm³/mol. The molecule has 2 aliphatic rings. The molecule has 0 radical (unpaired) electrons. The number of phenolic OH excluding ortho intramolecular Hbond substituents is 2. The van der Waals surface area contributed by atoms with Crippen molar-refractivity contribution in [2.24, 2.45) is 10.9 Å². The monoisotopic (exact) mass is 991 g/mol. The topological polar surface area (TPSA) is 213 Å². The molecule has 21 heteroatoms. The van der Waals surface area contributed by atoms with Crippen LogP contribution in [-0.4, -0.2) is 113 Å². The molecule has 69 heavy (non-hydrogen) atoms. The van der Waals surface area contributed by atoms with Gasteiger partial charge in [0.1, 0.15) is 28.4 Å². The van der Waals surface area contributed by atoms with Crippen LogP contribution >= 0.6 is 22.9 Å². The van der Waals surface area contributed by atoms with Crippen LogP contribution in [0.3, 0.4) is 0 Å². The first-order valence-corrected chi connectivity index (χ1v) is 23.6. The Balaban J connectivity index is 0.000000933. The Morgan fingerprint density at radius 1 is 0.971 bits per heavy atom. The van der Waals surface area contributed by atoms with Crippen LogP contribution in [-0.2, 0) is 20.7 Å². The number of phenols is 2. The van der Waals surface area contributed by atoms with E-state index >= 15 is 0 Å². The summed E-state index contributed by atoms with van der Waals surface area (Å²) in [5.41, 5.74) is 6.35. The molecular weight excluding hydrogens is 939 g/mol. The molecule has 0 saturated carbocycles. The molecule has 2 aliphatic heterocycles. The average Bonchev–Trinajstić information content (AvgIpc) is 3.94. The Labute approximate surface area is 404 Å². The first kappa shape index (κ1) is 50.5. The number of thiophene rings is 1. The summed E-state index contributed by atoms with van der Waals surface area (Å²) < 4.78 is 41.2. The fourth-order valence-corrected chi connectivity index (χ4v) is 9.76. The summed E-state index contributed by atoms with van der Waals surface area (Å²) in [5, 5.41) is 48.4. The number of aryl methyl sites for hydroxylation is 2. The number of ether oxygens (including phenoxy) is 1. The van der Waals surface area contributed by atoms with Crippen LogP contribution in [0.5, 0.6) is 11.5 Å². The van der Waals surface area contributed by atoms with E-state index in [4.69, 9.17) is 31.2 Å². The van der Waals surface area contributed by atoms with Gasteiger partial charge in [-0.2, -0.15) is 18.3 Å². The van der Waals surface area contributed by atoms with Gasteiger partial charge in [-0.3, -0.25) is 14.4 Å². The molecule has 366 valence electrons. The van der Waals surface area contributed by atoms with Gasteiger partial charge in [-0.15, -0.1) is 21.5 Å². The van der Waals surface area contributed by atoms with Gasteiger partial charge in [-0.25, -0.2) is 19.3 Å². The number of carbonyl (C=O) groups excluding carboxylic acids is 1. The van der Waals surface area contributed by atoms with Gasteiger partial charge >= 0.3 is 17.8 Å². The van der Waals surface area contributed by atoms with Crippen LogP contribution in [0.2, 0.25) is 5.02 Å². The Hall–Kier alpha value is -6.35. The number of carboxylic acids is 1. The number of aromatic nitrogens is 6. The first-order valence-electron chi connectivity index (χ1n) is 22.4. The number of aliphatic carboxylic acids is 1. The molecule has 8 rings (SSSR count). The molecule has 5 N–H and O–H groups in total. The molecule has 0 spiro atoms. The number of carbonyl (C=O) groups is 2. The minimum absolute atomic E-state index is 0.00145. The van der Waals surface area contributed by atoms with Gasteiger partial charge in [0.15, 0.2) is 11.6 Å². The van der Waals surface area contributed by atoms with Crippen molar-refractivity contribution in [3.63, 3.8) is 0 Å². The largest absolute Gasteiger partial charge is 0.508 e. The minimum Gasteiger partial charge on any atom is -0.508 e. The number of aromatic hydroxyl groups is 2. The van der Waals surface area contributed by atoms with Gasteiger partial charge in [-0.1, -0.05) is 49.7 Å². The van der Waals surface area contributed by atoms with Crippen LogP contribution in [0.25, 0.3) is 22.1 Å². The second-order valence-corrected chi connectivity index (χ2v) is 18.9. The summed E-state index contributed by atoms with van der Waals surface area (Å²) in [7, 11) is 0. The van der Waals surface area contributed by atoms with Gasteiger partial charge in [0.05, 0.1) is 36.6 Å². The number of rotatable bonds is 14. The number of fused-ring (bicyclic) bond motifs is 3. The maximum atomic E-state index is 13.4. The van der Waals surface area contributed by atoms with Crippen LogP contribution in [0.4, 0.5) is 13.2 Å². The lowest BCUT2D eigenvalue weighted by Crippen LogP contribution is -2.37. The standard InChI is InChI=1S/C46H52ClN9O5S.C2HF3O2/c1-26(2)35-23-36(39(58)25-38(35)57)43-51-53-46(60)56(43)34-12-6-30(7-13-34)22-31-14-17-54(18-15-31)19-21-61-20-16-48-40(59)24-37-44-52-50-29(5)55(44)45-41(27(3)28(4)62-45)42(49-37)32-8-10-33(47)11-9-32;3-2(4,5)1(6)7/h6-13,23,25-26,31,37,57-58H,14-22,24H2,1-5H3,(H,48,59)(H,53,60);(H,6,7)/t37-;/m0./s1. The van der Waals surface area contributed by atoms with Crippen molar-refractivity contribution in [3.8, 4) is 33.6 Å². The van der Waals surface area contributed by atoms with Crippen molar-refractivity contribution in [2.75, 3.05) is 39.4 Å². The molecule has 1 saturated heterocycles. The Bertz CT molecular complexity index is 2880. The highest BCUT2D eigenvalue weighted by Crippen LogP contribution is 2.40. The molecule has 0 unspecified atom stereocenters. The molecule has 5 heterocycles. The number of halogens is 4. The lowest BCUT2D eigenvalue weighted by molar-refractivity contribution is -0.192. The summed E-state index contributed by atoms with van der Waals surface area (Å²) in [6.07, 6.45) is -1.87. The smallest absolute Gasteiger partial charge is 0.490 e. The Kier molecular flexibility index (Phi) is 15.8. The van der Waals surface area contributed by atoms with E-state index in [0.29, 0.717) is 53.3 Å². The van der Waals surface area contributed by atoms with E-state index in [1.54, 1.807) is 17.4 Å². The molecule has 1 atom stereocenters. The van der Waals surface area contributed by atoms with E-state index in [0.717, 1.165) is 72.1 Å². The fraction of sp³-hybridized carbons (Fsp3) is 0.396. The third-order valence-electron chi connectivity index (χ3n) is 12.2. The predicted octanol–water partition coefficient (Wildman–Crippen LogP) is 7.99. The lowest BCUT2D eigenvalue weighted by Gasteiger charge is -2.32. The number of H-pyrrole nitrogens is 1. The average molecular weight is 993 g/mol. The van der Waals surface area contributed by atoms with E-state index in [1.807, 2.05) is 73.9 Å². The highest BCUT2D eigenvalue weighted by atomic mass is 35.5. The van der Waals surface area contributed by atoms with Crippen LogP contribution in [0.15, 0.2) is 70.5 Å². The number of aromatic amines is 1. The van der Waals surface area contributed by atoms with Crippen molar-refractivity contribution in [1.82, 2.24) is 39.7 Å². The number of carboxylic acid groups (broad SMARTS) is 1. The van der Waals surface area contributed by atoms with Crippen molar-refractivity contribution in [3.05, 3.63) is 121 Å². The maximum absolute atomic E-state index is 13.4. The Morgan fingerprint density at radius 3 is 2.30 bits per heavy atom. The molecule has 0 aliphatic carbocycles. The number of aliphatic imine (C=N–C) groups is 1. The van der Waals surface area contributed by atoms with Crippen LogP contribution in [0, 0.1) is 26.7 Å². The zero-order valence-corrected chi connectivity index (χ0v) is 40.2. The van der Waals surface area contributed by atoms with Gasteiger partial charge in [0, 0.05) is 40.2 Å². The fourth-order valence-electron chi connectivity index (χ4n) is 8.42. The van der Waals surface area contributed by atoms with E-state index in [1.165, 1.54) is 21.1 Å². The molecule has 3 aromatic carbocycles. The van der Waals surface area contributed by atoms with Crippen LogP contribution in [0.1, 0.15) is 89.4 Å². The maximum Gasteiger partial charge on any atom is 0.490 e. The third-order valence-corrected chi connectivity index (χ3v) is 13.6. The molecule has 1 fully saturated rings. The molecule has 6 aromatic rings. The van der Waals surface area contributed by atoms with Gasteiger partial charge in [0.2, 0.25) is 5.91 Å². The van der Waals surface area contributed by atoms with Gasteiger partial charge < -0.3 is 30.3 Å². The normalized spacial score (nSPS) is 15.2. The van der Waals surface area contributed by atoms with Gasteiger partial charge in [-0.05, 0) is 112 Å². The van der Waals surface area contributed by atoms with Crippen molar-refractivity contribution in [1.29, 1.82) is 0 Å². The highest BCUT2D eigenvalue weighted by Gasteiger charge is 2.38. The second-order valence-electron chi connectivity index (χ2n) is 17.3. The number of likely N-dealkylation sites (tertiary alicyclic amines) is 1. The molecule has 1 amide bonds. The number of hydrogen-bond acceptors (Lipinski definition) is 12. The summed E-state index contributed by atoms with van der Waals surface area (Å²) in [4.78, 5) is 43.9. The van der Waals surface area contributed by atoms with Gasteiger partial charge in [0.25, 0.3) is 0 Å². The van der Waals surface area contributed by atoms with Crippen molar-refractivity contribution >= 4 is 40.5 Å². The van der Waals surface area contributed by atoms with E-state index < -0.39 is 23.9 Å². The van der Waals surface area contributed by atoms with Crippen molar-refractivity contribution in [2.45, 2.75) is 78.4 Å². The molecule has 3 aromatic heterocycles. The lowest BCUT2D eigenvalue weighted by atomic mass is 9.90. The summed E-state index contributed by atoms with van der Waals surface area (Å²) in [6, 6.07) is 18.0. The quantitative estimate of drug-likeness (QED) is 0.0660. The summed E-state index contributed by atoms with van der Waals surface area (Å²) in [5.74, 6) is -0.811. The van der Waals surface area contributed by atoms with E-state index in [9.17, 15) is 33.0 Å². The third kappa shape index (κ3) is 11.7. The second kappa shape index (κ2) is 21.5. The van der Waals surface area contributed by atoms with E-state index in [2.05, 4.69) is 44.5 Å². The van der Waals surface area contributed by atoms with Crippen LogP contribution < -0.4 is 11.0 Å². The number of benzene rings is 3. The van der Waals surface area contributed by atoms with E-state index in [-0.39, 0.29) is 35.6 Å². The minimum atomic E-state index is -5.08. The SMILES string of the molecule is Cc1sc2c(c1C)C(c1ccc(Cl)cc1)=N[C@@H](CC(=O)NCCOCCN1CCC(Cc3ccc(-n4c(-c5cc(C(C)C)c(O)cc5O)n[nH]c4=O)cc3)CC1)c1nnc(C)n1-2.O=C(O)C(F)(F)F. The number of piperidine rings is 1. The summed E-state index contributed by atoms with van der Waals surface area (Å²) in [6.45, 7) is 14.2. The highest BCUT2D eigenvalue weighted by molar-refractivity contribution is 7.15. The molecule has 0 bridgehead atoms. The number of amides is 1. The summed E-state index contributed by atoms with van der Waals surface area (Å²) >= 11 is 7.93. The number of alkyl halides is 3. The number of hydrogen-bond donors (Lipinski definition) is 5. The Morgan fingerprint density at radius 2 is 1.65 bits per heavy atom.